The lowest BCUT2D eigenvalue weighted by Crippen LogP contribution is -2.35. The molecule has 0 saturated heterocycles. The molecule has 4 nitrogen and oxygen atoms in total. The second-order valence-corrected chi connectivity index (χ2v) is 3.75. The quantitative estimate of drug-likeness (QED) is 0.803. The number of likely N-dealkylation sites (N-methyl/N-ethyl adjacent to an activating group) is 2. The Labute approximate surface area is 100 Å². The number of halogens is 1. The van der Waals surface area contributed by atoms with Crippen LogP contribution < -0.4 is 10.2 Å². The molecule has 0 bridgehead atoms. The monoisotopic (exact) mass is 240 g/mol. The molecule has 0 heterocycles. The van der Waals surface area contributed by atoms with Crippen molar-refractivity contribution in [1.82, 2.24) is 5.32 Å². The second-order valence-electron chi connectivity index (χ2n) is 3.75. The molecule has 17 heavy (non-hydrogen) atoms. The number of nitrogens with one attached hydrogen (secondary N) is 1. The van der Waals surface area contributed by atoms with Crippen LogP contribution in [0.15, 0.2) is 18.2 Å². The Morgan fingerprint density at radius 3 is 2.76 bits per heavy atom. The predicted octanol–water partition coefficient (Wildman–Crippen LogP) is 0.890. The van der Waals surface area contributed by atoms with Crippen molar-refractivity contribution in [3.63, 3.8) is 0 Å². The maximum Gasteiger partial charge on any atom is 0.239 e. The number of aliphatic hydroxyl groups excluding tert-OH is 1. The topological polar surface area (TPSA) is 52.6 Å². The summed E-state index contributed by atoms with van der Waals surface area (Å²) in [5.41, 5.74) is 0.853. The average molecular weight is 240 g/mol. The molecule has 1 amide bonds. The lowest BCUT2D eigenvalue weighted by molar-refractivity contribution is -0.119. The molecule has 1 aromatic carbocycles. The second kappa shape index (κ2) is 6.20. The van der Waals surface area contributed by atoms with Crippen LogP contribution in [-0.2, 0) is 11.4 Å². The number of carbonyl (C=O) groups is 1. The molecule has 5 heteroatoms. The first-order valence-corrected chi connectivity index (χ1v) is 5.45. The fraction of sp³-hybridized carbons (Fsp3) is 0.417. The molecular formula is C12H17FN2O2. The zero-order valence-corrected chi connectivity index (χ0v) is 10.0. The number of amides is 1. The molecule has 0 radical (unpaired) electrons. The standard InChI is InChI=1S/C12H17FN2O2/c1-3-14-12(17)7-15(2)11-5-4-9(8-16)6-10(11)13/h4-6,16H,3,7-8H2,1-2H3,(H,14,17). The highest BCUT2D eigenvalue weighted by molar-refractivity contribution is 5.81. The third-order valence-corrected chi connectivity index (χ3v) is 2.36. The van der Waals surface area contributed by atoms with Crippen molar-refractivity contribution in [2.45, 2.75) is 13.5 Å². The van der Waals surface area contributed by atoms with Crippen molar-refractivity contribution >= 4 is 11.6 Å². The fourth-order valence-electron chi connectivity index (χ4n) is 1.51. The molecule has 1 rings (SSSR count). The molecule has 0 aromatic heterocycles. The van der Waals surface area contributed by atoms with E-state index in [1.807, 2.05) is 6.92 Å². The lowest BCUT2D eigenvalue weighted by atomic mass is 10.2. The number of hydrogen-bond acceptors (Lipinski definition) is 3. The van der Waals surface area contributed by atoms with Crippen LogP contribution in [0, 0.1) is 5.82 Å². The Balaban J connectivity index is 2.75. The van der Waals surface area contributed by atoms with E-state index in [0.717, 1.165) is 0 Å². The zero-order valence-electron chi connectivity index (χ0n) is 10.0. The van der Waals surface area contributed by atoms with Crippen LogP contribution in [0.3, 0.4) is 0 Å². The Bertz CT molecular complexity index is 396. The Morgan fingerprint density at radius 2 is 2.24 bits per heavy atom. The summed E-state index contributed by atoms with van der Waals surface area (Å²) in [4.78, 5) is 12.9. The molecule has 0 aliphatic rings. The normalized spacial score (nSPS) is 10.1. The average Bonchev–Trinajstić information content (AvgIpc) is 2.28. The van der Waals surface area contributed by atoms with Gasteiger partial charge in [-0.05, 0) is 24.6 Å². The van der Waals surface area contributed by atoms with Crippen LogP contribution in [0.4, 0.5) is 10.1 Å². The van der Waals surface area contributed by atoms with Crippen molar-refractivity contribution in [1.29, 1.82) is 0 Å². The highest BCUT2D eigenvalue weighted by Crippen LogP contribution is 2.19. The van der Waals surface area contributed by atoms with Gasteiger partial charge in [0, 0.05) is 13.6 Å². The van der Waals surface area contributed by atoms with E-state index in [1.54, 1.807) is 19.2 Å². The minimum absolute atomic E-state index is 0.100. The molecule has 2 N–H and O–H groups in total. The van der Waals surface area contributed by atoms with Gasteiger partial charge in [-0.15, -0.1) is 0 Å². The predicted molar refractivity (Wildman–Crippen MR) is 64.3 cm³/mol. The number of nitrogens with zero attached hydrogens (tertiary/aromatic N) is 1. The van der Waals surface area contributed by atoms with Gasteiger partial charge in [-0.3, -0.25) is 4.79 Å². The van der Waals surface area contributed by atoms with E-state index in [4.69, 9.17) is 5.11 Å². The number of rotatable bonds is 5. The fourth-order valence-corrected chi connectivity index (χ4v) is 1.51. The van der Waals surface area contributed by atoms with Gasteiger partial charge in [0.25, 0.3) is 0 Å². The summed E-state index contributed by atoms with van der Waals surface area (Å²) in [6, 6.07) is 4.45. The van der Waals surface area contributed by atoms with Gasteiger partial charge in [-0.2, -0.15) is 0 Å². The summed E-state index contributed by atoms with van der Waals surface area (Å²) >= 11 is 0. The van der Waals surface area contributed by atoms with Crippen molar-refractivity contribution in [3.05, 3.63) is 29.6 Å². The van der Waals surface area contributed by atoms with Crippen LogP contribution in [-0.4, -0.2) is 31.2 Å². The molecule has 0 atom stereocenters. The highest BCUT2D eigenvalue weighted by Gasteiger charge is 2.11. The van der Waals surface area contributed by atoms with E-state index < -0.39 is 5.82 Å². The van der Waals surface area contributed by atoms with Crippen molar-refractivity contribution in [2.75, 3.05) is 25.0 Å². The summed E-state index contributed by atoms with van der Waals surface area (Å²) in [6.45, 7) is 2.29. The molecule has 0 aliphatic carbocycles. The molecule has 0 aliphatic heterocycles. The smallest absolute Gasteiger partial charge is 0.239 e. The van der Waals surface area contributed by atoms with Gasteiger partial charge in [0.1, 0.15) is 5.82 Å². The van der Waals surface area contributed by atoms with Gasteiger partial charge in [-0.25, -0.2) is 4.39 Å². The lowest BCUT2D eigenvalue weighted by Gasteiger charge is -2.19. The van der Waals surface area contributed by atoms with Crippen LogP contribution in [0.5, 0.6) is 0 Å². The van der Waals surface area contributed by atoms with E-state index in [9.17, 15) is 9.18 Å². The number of aliphatic hydroxyl groups is 1. The molecule has 1 aromatic rings. The number of hydrogen-bond donors (Lipinski definition) is 2. The number of carbonyl (C=O) groups excluding carboxylic acids is 1. The summed E-state index contributed by atoms with van der Waals surface area (Å²) in [7, 11) is 1.65. The van der Waals surface area contributed by atoms with Crippen LogP contribution in [0.2, 0.25) is 0 Å². The van der Waals surface area contributed by atoms with E-state index >= 15 is 0 Å². The number of benzene rings is 1. The van der Waals surface area contributed by atoms with Gasteiger partial charge in [0.2, 0.25) is 5.91 Å². The third kappa shape index (κ3) is 3.71. The van der Waals surface area contributed by atoms with Gasteiger partial charge >= 0.3 is 0 Å². The Kier molecular flexibility index (Phi) is 4.90. The number of anilines is 1. The Hall–Kier alpha value is -1.62. The zero-order chi connectivity index (χ0) is 12.8. The molecule has 0 spiro atoms. The van der Waals surface area contributed by atoms with E-state index in [1.165, 1.54) is 11.0 Å². The van der Waals surface area contributed by atoms with Crippen molar-refractivity contribution in [2.24, 2.45) is 0 Å². The summed E-state index contributed by atoms with van der Waals surface area (Å²) in [5, 5.41) is 11.5. The van der Waals surface area contributed by atoms with E-state index in [-0.39, 0.29) is 19.1 Å². The summed E-state index contributed by atoms with van der Waals surface area (Å²) in [5.74, 6) is -0.594. The third-order valence-electron chi connectivity index (χ3n) is 2.36. The molecule has 0 saturated carbocycles. The van der Waals surface area contributed by atoms with Crippen LogP contribution >= 0.6 is 0 Å². The summed E-state index contributed by atoms with van der Waals surface area (Å²) in [6.07, 6.45) is 0. The van der Waals surface area contributed by atoms with Crippen molar-refractivity contribution in [3.8, 4) is 0 Å². The maximum atomic E-state index is 13.6. The molecule has 94 valence electrons. The molecule has 0 fully saturated rings. The van der Waals surface area contributed by atoms with Gasteiger partial charge in [0.15, 0.2) is 0 Å². The highest BCUT2D eigenvalue weighted by atomic mass is 19.1. The van der Waals surface area contributed by atoms with E-state index in [2.05, 4.69) is 5.32 Å². The SMILES string of the molecule is CCNC(=O)CN(C)c1ccc(CO)cc1F. The molecule has 0 unspecified atom stereocenters. The first-order valence-electron chi connectivity index (χ1n) is 5.45. The first-order chi connectivity index (χ1) is 8.08. The van der Waals surface area contributed by atoms with Gasteiger partial charge < -0.3 is 15.3 Å². The van der Waals surface area contributed by atoms with E-state index in [0.29, 0.717) is 17.8 Å². The largest absolute Gasteiger partial charge is 0.392 e. The molecular weight excluding hydrogens is 223 g/mol. The van der Waals surface area contributed by atoms with Crippen molar-refractivity contribution < 1.29 is 14.3 Å². The summed E-state index contributed by atoms with van der Waals surface area (Å²) < 4.78 is 13.6. The van der Waals surface area contributed by atoms with Crippen LogP contribution in [0.1, 0.15) is 12.5 Å². The maximum absolute atomic E-state index is 13.6. The minimum Gasteiger partial charge on any atom is -0.392 e. The first kappa shape index (κ1) is 13.4. The van der Waals surface area contributed by atoms with Gasteiger partial charge in [0.05, 0.1) is 18.8 Å². The van der Waals surface area contributed by atoms with Crippen LogP contribution in [0.25, 0.3) is 0 Å². The Morgan fingerprint density at radius 1 is 1.53 bits per heavy atom. The minimum atomic E-state index is -0.441. The van der Waals surface area contributed by atoms with Gasteiger partial charge in [-0.1, -0.05) is 6.07 Å².